The van der Waals surface area contributed by atoms with Crippen LogP contribution in [0.5, 0.6) is 0 Å². The standard InChI is InChI=1S/C43H76O5/c1-4-7-10-13-16-18-20-21-22-24-26-29-32-35-38-46-39-41(48-43(45)37-34-31-27-15-12-9-6-3)40-47-42(44)36-33-30-28-25-23-19-17-14-11-8-5-2/h7,10,14,16-18,21-22,41H,4-6,8-9,11-13,15,19-20,23-40H2,1-3H3/b10-7-,17-14-,18-16-,22-21-. The van der Waals surface area contributed by atoms with Crippen LogP contribution in [0.15, 0.2) is 48.6 Å². The second-order valence-corrected chi connectivity index (χ2v) is 13.2. The predicted octanol–water partition coefficient (Wildman–Crippen LogP) is 12.9. The van der Waals surface area contributed by atoms with Crippen molar-refractivity contribution in [2.75, 3.05) is 19.8 Å². The number of allylic oxidation sites excluding steroid dienone is 8. The number of carbonyl (C=O) groups is 2. The van der Waals surface area contributed by atoms with Gasteiger partial charge >= 0.3 is 11.9 Å². The minimum absolute atomic E-state index is 0.0723. The molecule has 5 nitrogen and oxygen atoms in total. The fourth-order valence-electron chi connectivity index (χ4n) is 5.33. The first-order valence-corrected chi connectivity index (χ1v) is 20.2. The number of esters is 2. The molecular formula is C43H76O5. The Kier molecular flexibility index (Phi) is 37.5. The minimum atomic E-state index is -0.543. The summed E-state index contributed by atoms with van der Waals surface area (Å²) in [5, 5.41) is 0. The summed E-state index contributed by atoms with van der Waals surface area (Å²) in [4.78, 5) is 25.0. The van der Waals surface area contributed by atoms with Crippen LogP contribution in [0, 0.1) is 0 Å². The van der Waals surface area contributed by atoms with E-state index in [1.54, 1.807) is 0 Å². The van der Waals surface area contributed by atoms with Gasteiger partial charge in [-0.25, -0.2) is 0 Å². The van der Waals surface area contributed by atoms with Crippen LogP contribution in [0.1, 0.15) is 188 Å². The lowest BCUT2D eigenvalue weighted by Gasteiger charge is -2.18. The van der Waals surface area contributed by atoms with E-state index in [2.05, 4.69) is 69.4 Å². The maximum absolute atomic E-state index is 12.6. The molecular weight excluding hydrogens is 596 g/mol. The molecule has 0 aromatic heterocycles. The molecule has 0 aliphatic carbocycles. The number of hydrogen-bond donors (Lipinski definition) is 0. The maximum atomic E-state index is 12.6. The molecule has 0 fully saturated rings. The lowest BCUT2D eigenvalue weighted by Crippen LogP contribution is -2.30. The SMILES string of the molecule is CC/C=C\C/C=C\C/C=C\CCCCCCOCC(COC(=O)CCCCCCC/C=C\CCCC)OC(=O)CCCCCCCCC. The first kappa shape index (κ1) is 45.9. The Labute approximate surface area is 297 Å². The van der Waals surface area contributed by atoms with E-state index in [0.29, 0.717) is 19.4 Å². The smallest absolute Gasteiger partial charge is 0.306 e. The van der Waals surface area contributed by atoms with Crippen LogP contribution in [-0.4, -0.2) is 37.9 Å². The normalized spacial score (nSPS) is 12.6. The molecule has 0 saturated carbocycles. The summed E-state index contributed by atoms with van der Waals surface area (Å²) in [6, 6.07) is 0. The van der Waals surface area contributed by atoms with Crippen molar-refractivity contribution < 1.29 is 23.8 Å². The molecule has 0 rings (SSSR count). The maximum Gasteiger partial charge on any atom is 0.306 e. The molecule has 0 spiro atoms. The van der Waals surface area contributed by atoms with Crippen LogP contribution in [-0.2, 0) is 23.8 Å². The Morgan fingerprint density at radius 3 is 1.58 bits per heavy atom. The molecule has 0 aliphatic rings. The predicted molar refractivity (Wildman–Crippen MR) is 205 cm³/mol. The fraction of sp³-hybridized carbons (Fsp3) is 0.767. The van der Waals surface area contributed by atoms with E-state index >= 15 is 0 Å². The van der Waals surface area contributed by atoms with Gasteiger partial charge in [0, 0.05) is 19.4 Å². The third kappa shape index (κ3) is 36.7. The molecule has 5 heteroatoms. The zero-order valence-corrected chi connectivity index (χ0v) is 31.7. The highest BCUT2D eigenvalue weighted by Gasteiger charge is 2.17. The summed E-state index contributed by atoms with van der Waals surface area (Å²) in [6.45, 7) is 7.57. The van der Waals surface area contributed by atoms with Crippen LogP contribution in [0.2, 0.25) is 0 Å². The Morgan fingerprint density at radius 2 is 0.958 bits per heavy atom. The zero-order valence-electron chi connectivity index (χ0n) is 31.7. The molecule has 48 heavy (non-hydrogen) atoms. The highest BCUT2D eigenvalue weighted by molar-refractivity contribution is 5.70. The Morgan fingerprint density at radius 1 is 0.479 bits per heavy atom. The second-order valence-electron chi connectivity index (χ2n) is 13.2. The zero-order chi connectivity index (χ0) is 35.0. The van der Waals surface area contributed by atoms with E-state index in [4.69, 9.17) is 14.2 Å². The van der Waals surface area contributed by atoms with Crippen LogP contribution < -0.4 is 0 Å². The van der Waals surface area contributed by atoms with Gasteiger partial charge in [0.15, 0.2) is 6.10 Å². The Bertz CT molecular complexity index is 812. The highest BCUT2D eigenvalue weighted by atomic mass is 16.6. The molecule has 0 saturated heterocycles. The van der Waals surface area contributed by atoms with Gasteiger partial charge in [0.05, 0.1) is 6.61 Å². The van der Waals surface area contributed by atoms with E-state index < -0.39 is 6.10 Å². The first-order chi connectivity index (χ1) is 23.6. The lowest BCUT2D eigenvalue weighted by molar-refractivity contribution is -0.163. The second kappa shape index (κ2) is 39.3. The molecule has 278 valence electrons. The van der Waals surface area contributed by atoms with Gasteiger partial charge in [0.1, 0.15) is 6.61 Å². The van der Waals surface area contributed by atoms with Crippen LogP contribution in [0.3, 0.4) is 0 Å². The summed E-state index contributed by atoms with van der Waals surface area (Å²) in [5.41, 5.74) is 0. The van der Waals surface area contributed by atoms with Gasteiger partial charge in [-0.05, 0) is 70.6 Å². The molecule has 0 radical (unpaired) electrons. The van der Waals surface area contributed by atoms with Gasteiger partial charge in [-0.2, -0.15) is 0 Å². The Balaban J connectivity index is 4.24. The van der Waals surface area contributed by atoms with Crippen molar-refractivity contribution in [2.45, 2.75) is 194 Å². The van der Waals surface area contributed by atoms with Crippen molar-refractivity contribution in [2.24, 2.45) is 0 Å². The average Bonchev–Trinajstić information content (AvgIpc) is 3.08. The largest absolute Gasteiger partial charge is 0.462 e. The number of rotatable bonds is 36. The monoisotopic (exact) mass is 673 g/mol. The van der Waals surface area contributed by atoms with Gasteiger partial charge in [0.2, 0.25) is 0 Å². The summed E-state index contributed by atoms with van der Waals surface area (Å²) in [5.74, 6) is -0.429. The van der Waals surface area contributed by atoms with Crippen molar-refractivity contribution >= 4 is 11.9 Å². The van der Waals surface area contributed by atoms with Gasteiger partial charge in [-0.3, -0.25) is 9.59 Å². The van der Waals surface area contributed by atoms with Crippen molar-refractivity contribution in [3.05, 3.63) is 48.6 Å². The third-order valence-electron chi connectivity index (χ3n) is 8.35. The van der Waals surface area contributed by atoms with Crippen LogP contribution in [0.4, 0.5) is 0 Å². The van der Waals surface area contributed by atoms with Crippen molar-refractivity contribution in [1.82, 2.24) is 0 Å². The first-order valence-electron chi connectivity index (χ1n) is 20.2. The van der Waals surface area contributed by atoms with Crippen LogP contribution in [0.25, 0.3) is 0 Å². The summed E-state index contributed by atoms with van der Waals surface area (Å²) < 4.78 is 17.1. The molecule has 0 heterocycles. The van der Waals surface area contributed by atoms with Gasteiger partial charge < -0.3 is 14.2 Å². The molecule has 0 aromatic carbocycles. The molecule has 1 unspecified atom stereocenters. The Hall–Kier alpha value is -2.14. The molecule has 0 aliphatic heterocycles. The number of ether oxygens (including phenoxy) is 3. The van der Waals surface area contributed by atoms with Crippen LogP contribution >= 0.6 is 0 Å². The summed E-state index contributed by atoms with van der Waals surface area (Å²) in [6.07, 6.45) is 45.4. The molecule has 0 N–H and O–H groups in total. The fourth-order valence-corrected chi connectivity index (χ4v) is 5.33. The van der Waals surface area contributed by atoms with E-state index in [1.807, 2.05) is 0 Å². The molecule has 1 atom stereocenters. The summed E-state index contributed by atoms with van der Waals surface area (Å²) in [7, 11) is 0. The third-order valence-corrected chi connectivity index (χ3v) is 8.35. The molecule has 0 amide bonds. The molecule has 0 bridgehead atoms. The van der Waals surface area contributed by atoms with E-state index in [1.165, 1.54) is 77.0 Å². The minimum Gasteiger partial charge on any atom is -0.462 e. The number of unbranched alkanes of at least 4 members (excludes halogenated alkanes) is 17. The van der Waals surface area contributed by atoms with E-state index in [-0.39, 0.29) is 25.2 Å². The van der Waals surface area contributed by atoms with Crippen molar-refractivity contribution in [1.29, 1.82) is 0 Å². The van der Waals surface area contributed by atoms with Gasteiger partial charge in [-0.1, -0.05) is 153 Å². The molecule has 0 aromatic rings. The van der Waals surface area contributed by atoms with Crippen molar-refractivity contribution in [3.63, 3.8) is 0 Å². The van der Waals surface area contributed by atoms with Gasteiger partial charge in [-0.15, -0.1) is 0 Å². The van der Waals surface area contributed by atoms with E-state index in [0.717, 1.165) is 77.0 Å². The van der Waals surface area contributed by atoms with E-state index in [9.17, 15) is 9.59 Å². The lowest BCUT2D eigenvalue weighted by atomic mass is 10.1. The highest BCUT2D eigenvalue weighted by Crippen LogP contribution is 2.12. The quantitative estimate of drug-likeness (QED) is 0.0376. The number of carbonyl (C=O) groups excluding carboxylic acids is 2. The number of hydrogen-bond acceptors (Lipinski definition) is 5. The van der Waals surface area contributed by atoms with Crippen molar-refractivity contribution in [3.8, 4) is 0 Å². The summed E-state index contributed by atoms with van der Waals surface area (Å²) >= 11 is 0. The average molecular weight is 673 g/mol. The topological polar surface area (TPSA) is 61.8 Å². The van der Waals surface area contributed by atoms with Gasteiger partial charge in [0.25, 0.3) is 0 Å².